The maximum atomic E-state index is 12.6. The van der Waals surface area contributed by atoms with Crippen LogP contribution in [-0.2, 0) is 11.3 Å². The third-order valence-corrected chi connectivity index (χ3v) is 5.79. The first-order chi connectivity index (χ1) is 12.7. The van der Waals surface area contributed by atoms with Crippen molar-refractivity contribution in [2.75, 3.05) is 0 Å². The third kappa shape index (κ3) is 4.63. The Morgan fingerprint density at radius 3 is 2.69 bits per heavy atom. The Bertz CT molecular complexity index is 712. The highest BCUT2D eigenvalue weighted by Crippen LogP contribution is 2.27. The predicted octanol–water partition coefficient (Wildman–Crippen LogP) is 3.68. The van der Waals surface area contributed by atoms with Crippen LogP contribution in [0.3, 0.4) is 0 Å². The van der Waals surface area contributed by atoms with Gasteiger partial charge >= 0.3 is 0 Å². The van der Waals surface area contributed by atoms with E-state index in [0.29, 0.717) is 6.04 Å². The van der Waals surface area contributed by atoms with E-state index in [1.54, 1.807) is 12.4 Å². The van der Waals surface area contributed by atoms with Crippen molar-refractivity contribution in [3.8, 4) is 11.4 Å². The average molecular weight is 374 g/mol. The second kappa shape index (κ2) is 9.16. The molecule has 1 N–H and O–H groups in total. The highest BCUT2D eigenvalue weighted by molar-refractivity contribution is 8.00. The predicted molar refractivity (Wildman–Crippen MR) is 104 cm³/mol. The summed E-state index contributed by atoms with van der Waals surface area (Å²) in [6, 6.07) is 4.20. The molecule has 2 heterocycles. The van der Waals surface area contributed by atoms with Gasteiger partial charge in [-0.3, -0.25) is 9.78 Å². The van der Waals surface area contributed by atoms with Gasteiger partial charge in [0.15, 0.2) is 11.0 Å². The van der Waals surface area contributed by atoms with Gasteiger partial charge in [-0.05, 0) is 38.3 Å². The van der Waals surface area contributed by atoms with Gasteiger partial charge in [-0.2, -0.15) is 0 Å². The molecule has 7 heteroatoms. The number of thioether (sulfide) groups is 1. The van der Waals surface area contributed by atoms with Crippen LogP contribution in [0.2, 0.25) is 0 Å². The number of nitrogens with one attached hydrogen (secondary N) is 1. The molecule has 0 bridgehead atoms. The molecule has 1 amide bonds. The summed E-state index contributed by atoms with van der Waals surface area (Å²) in [5.74, 6) is 0.926. The first-order valence-corrected chi connectivity index (χ1v) is 10.4. The minimum Gasteiger partial charge on any atom is -0.352 e. The largest absolute Gasteiger partial charge is 0.352 e. The Hall–Kier alpha value is -1.89. The summed E-state index contributed by atoms with van der Waals surface area (Å²) in [5.41, 5.74) is 0.993. The molecule has 0 aromatic carbocycles. The summed E-state index contributed by atoms with van der Waals surface area (Å²) in [6.45, 7) is 4.90. The van der Waals surface area contributed by atoms with Crippen molar-refractivity contribution in [3.05, 3.63) is 24.5 Å². The maximum Gasteiger partial charge on any atom is 0.233 e. The molecule has 26 heavy (non-hydrogen) atoms. The molecule has 3 rings (SSSR count). The molecular formula is C19H27N5OS. The molecule has 1 fully saturated rings. The van der Waals surface area contributed by atoms with E-state index in [2.05, 4.69) is 32.0 Å². The van der Waals surface area contributed by atoms with E-state index < -0.39 is 0 Å². The van der Waals surface area contributed by atoms with Crippen LogP contribution in [0.25, 0.3) is 11.4 Å². The lowest BCUT2D eigenvalue weighted by atomic mass is 9.95. The first-order valence-electron chi connectivity index (χ1n) is 9.49. The minimum absolute atomic E-state index is 0.0957. The van der Waals surface area contributed by atoms with Crippen LogP contribution in [0, 0.1) is 0 Å². The number of aromatic nitrogens is 4. The third-order valence-electron chi connectivity index (χ3n) is 4.71. The van der Waals surface area contributed by atoms with Crippen LogP contribution < -0.4 is 5.32 Å². The summed E-state index contributed by atoms with van der Waals surface area (Å²) in [4.78, 5) is 16.6. The lowest BCUT2D eigenvalue weighted by molar-refractivity contribution is -0.121. The molecule has 1 saturated carbocycles. The zero-order valence-electron chi connectivity index (χ0n) is 15.5. The zero-order chi connectivity index (χ0) is 18.4. The number of hydrogen-bond donors (Lipinski definition) is 1. The van der Waals surface area contributed by atoms with Crippen molar-refractivity contribution < 1.29 is 4.79 Å². The molecule has 140 valence electrons. The van der Waals surface area contributed by atoms with E-state index in [1.807, 2.05) is 19.1 Å². The molecular weight excluding hydrogens is 346 g/mol. The molecule has 0 saturated heterocycles. The molecule has 2 aromatic rings. The van der Waals surface area contributed by atoms with Crippen LogP contribution in [0.15, 0.2) is 29.7 Å². The number of carbonyl (C=O) groups excluding carboxylic acids is 1. The Morgan fingerprint density at radius 2 is 2.00 bits per heavy atom. The van der Waals surface area contributed by atoms with E-state index in [0.717, 1.165) is 42.4 Å². The number of amides is 1. The SMILES string of the molecule is CCCn1c(SC(C)C(=O)NC2CCCCC2)nnc1-c1ccncc1. The van der Waals surface area contributed by atoms with Crippen molar-refractivity contribution >= 4 is 17.7 Å². The fraction of sp³-hybridized carbons (Fsp3) is 0.579. The molecule has 1 aliphatic carbocycles. The number of pyridine rings is 1. The van der Waals surface area contributed by atoms with Gasteiger partial charge < -0.3 is 9.88 Å². The summed E-state index contributed by atoms with van der Waals surface area (Å²) < 4.78 is 2.10. The Balaban J connectivity index is 1.70. The summed E-state index contributed by atoms with van der Waals surface area (Å²) in [7, 11) is 0. The van der Waals surface area contributed by atoms with Gasteiger partial charge in [0.05, 0.1) is 5.25 Å². The number of hydrogen-bond acceptors (Lipinski definition) is 5. The van der Waals surface area contributed by atoms with Gasteiger partial charge in [-0.25, -0.2) is 0 Å². The molecule has 1 atom stereocenters. The van der Waals surface area contributed by atoms with Crippen LogP contribution in [0.1, 0.15) is 52.4 Å². The van der Waals surface area contributed by atoms with E-state index in [-0.39, 0.29) is 11.2 Å². The number of nitrogens with zero attached hydrogens (tertiary/aromatic N) is 4. The van der Waals surface area contributed by atoms with Crippen molar-refractivity contribution in [2.45, 2.75) is 75.4 Å². The van der Waals surface area contributed by atoms with Gasteiger partial charge in [0.1, 0.15) is 0 Å². The fourth-order valence-electron chi connectivity index (χ4n) is 3.29. The normalized spacial score (nSPS) is 16.4. The zero-order valence-corrected chi connectivity index (χ0v) is 16.3. The van der Waals surface area contributed by atoms with Gasteiger partial charge in [0.2, 0.25) is 5.91 Å². The van der Waals surface area contributed by atoms with Crippen molar-refractivity contribution in [1.29, 1.82) is 0 Å². The molecule has 6 nitrogen and oxygen atoms in total. The minimum atomic E-state index is -0.193. The van der Waals surface area contributed by atoms with Gasteiger partial charge in [-0.1, -0.05) is 37.9 Å². The quantitative estimate of drug-likeness (QED) is 0.750. The molecule has 1 unspecified atom stereocenters. The van der Waals surface area contributed by atoms with Crippen molar-refractivity contribution in [2.24, 2.45) is 0 Å². The lowest BCUT2D eigenvalue weighted by Crippen LogP contribution is -2.40. The number of carbonyl (C=O) groups is 1. The fourth-order valence-corrected chi connectivity index (χ4v) is 4.18. The summed E-state index contributed by atoms with van der Waals surface area (Å²) in [6.07, 6.45) is 10.4. The summed E-state index contributed by atoms with van der Waals surface area (Å²) >= 11 is 1.48. The Labute approximate surface area is 159 Å². The van der Waals surface area contributed by atoms with Crippen LogP contribution >= 0.6 is 11.8 Å². The van der Waals surface area contributed by atoms with E-state index in [9.17, 15) is 4.79 Å². The Morgan fingerprint density at radius 1 is 1.27 bits per heavy atom. The topological polar surface area (TPSA) is 72.7 Å². The van der Waals surface area contributed by atoms with E-state index in [1.165, 1.54) is 31.0 Å². The van der Waals surface area contributed by atoms with Gasteiger partial charge in [-0.15, -0.1) is 10.2 Å². The molecule has 2 aromatic heterocycles. The molecule has 1 aliphatic rings. The van der Waals surface area contributed by atoms with Crippen LogP contribution in [0.4, 0.5) is 0 Å². The van der Waals surface area contributed by atoms with Gasteiger partial charge in [0.25, 0.3) is 0 Å². The second-order valence-corrected chi connectivity index (χ2v) is 8.11. The lowest BCUT2D eigenvalue weighted by Gasteiger charge is -2.24. The molecule has 0 aliphatic heterocycles. The first kappa shape index (κ1) is 18.9. The average Bonchev–Trinajstić information content (AvgIpc) is 3.06. The standard InChI is InChI=1S/C19H27N5OS/c1-3-13-24-17(15-9-11-20-12-10-15)22-23-19(24)26-14(2)18(25)21-16-7-5-4-6-8-16/h9-12,14,16H,3-8,13H2,1-2H3,(H,21,25). The maximum absolute atomic E-state index is 12.6. The molecule has 0 radical (unpaired) electrons. The second-order valence-electron chi connectivity index (χ2n) is 6.80. The van der Waals surface area contributed by atoms with E-state index >= 15 is 0 Å². The summed E-state index contributed by atoms with van der Waals surface area (Å²) in [5, 5.41) is 12.5. The highest BCUT2D eigenvalue weighted by atomic mass is 32.2. The molecule has 0 spiro atoms. The number of rotatable bonds is 7. The Kier molecular flexibility index (Phi) is 6.66. The smallest absolute Gasteiger partial charge is 0.233 e. The highest BCUT2D eigenvalue weighted by Gasteiger charge is 2.23. The van der Waals surface area contributed by atoms with Crippen molar-refractivity contribution in [3.63, 3.8) is 0 Å². The van der Waals surface area contributed by atoms with Crippen LogP contribution in [-0.4, -0.2) is 36.9 Å². The van der Waals surface area contributed by atoms with Crippen LogP contribution in [0.5, 0.6) is 0 Å². The van der Waals surface area contributed by atoms with Gasteiger partial charge in [0, 0.05) is 30.5 Å². The van der Waals surface area contributed by atoms with E-state index in [4.69, 9.17) is 0 Å². The van der Waals surface area contributed by atoms with Crippen molar-refractivity contribution in [1.82, 2.24) is 25.1 Å². The monoisotopic (exact) mass is 373 g/mol.